The number of rotatable bonds is 5. The van der Waals surface area contributed by atoms with Crippen LogP contribution in [0.15, 0.2) is 177 Å². The predicted molar refractivity (Wildman–Crippen MR) is 207 cm³/mol. The standard InChI is InChI=1S/C46H32N2/c1-2-30(29-47)33-14-15-36-26-37(17-16-35(36)25-33)39-19-22-43-44-23-20-40-27-38(34-13-12-31-8-6-7-9-32(31)24-34)18-21-42(40)46(44)48(45(43)28-39)41-10-4-3-5-11-41/h2-29H,1,47H2/b30-29+. The summed E-state index contributed by atoms with van der Waals surface area (Å²) >= 11 is 0. The number of nitrogens with two attached hydrogens (primary N) is 1. The van der Waals surface area contributed by atoms with Gasteiger partial charge in [-0.3, -0.25) is 0 Å². The van der Waals surface area contributed by atoms with Crippen LogP contribution in [0.2, 0.25) is 0 Å². The minimum absolute atomic E-state index is 0.928. The normalized spacial score (nSPS) is 12.0. The van der Waals surface area contributed by atoms with Crippen molar-refractivity contribution in [1.82, 2.24) is 4.57 Å². The fraction of sp³-hybridized carbons (Fsp3) is 0. The molecule has 9 rings (SSSR count). The van der Waals surface area contributed by atoms with Crippen molar-refractivity contribution < 1.29 is 0 Å². The third kappa shape index (κ3) is 4.50. The van der Waals surface area contributed by atoms with E-state index in [-0.39, 0.29) is 0 Å². The van der Waals surface area contributed by atoms with E-state index in [0.29, 0.717) is 0 Å². The van der Waals surface area contributed by atoms with Crippen molar-refractivity contribution in [2.75, 3.05) is 0 Å². The molecule has 1 aromatic heterocycles. The summed E-state index contributed by atoms with van der Waals surface area (Å²) in [5.41, 5.74) is 16.2. The zero-order valence-electron chi connectivity index (χ0n) is 26.4. The summed E-state index contributed by atoms with van der Waals surface area (Å²) in [6.07, 6.45) is 3.40. The van der Waals surface area contributed by atoms with Gasteiger partial charge in [-0.05, 0) is 103 Å². The van der Waals surface area contributed by atoms with Crippen molar-refractivity contribution in [2.24, 2.45) is 5.73 Å². The summed E-state index contributed by atoms with van der Waals surface area (Å²) < 4.78 is 2.44. The molecule has 226 valence electrons. The average Bonchev–Trinajstić information content (AvgIpc) is 3.49. The second-order valence-corrected chi connectivity index (χ2v) is 12.5. The molecule has 8 aromatic carbocycles. The Hall–Kier alpha value is -6.38. The first-order valence-electron chi connectivity index (χ1n) is 16.3. The monoisotopic (exact) mass is 612 g/mol. The van der Waals surface area contributed by atoms with Crippen molar-refractivity contribution in [3.05, 3.63) is 182 Å². The fourth-order valence-corrected chi connectivity index (χ4v) is 7.30. The Morgan fingerprint density at radius 3 is 1.77 bits per heavy atom. The Balaban J connectivity index is 1.22. The van der Waals surface area contributed by atoms with Gasteiger partial charge in [0.15, 0.2) is 0 Å². The van der Waals surface area contributed by atoms with Crippen LogP contribution in [0, 0.1) is 0 Å². The van der Waals surface area contributed by atoms with E-state index in [0.717, 1.165) is 16.8 Å². The van der Waals surface area contributed by atoms with Crippen LogP contribution in [0.4, 0.5) is 0 Å². The van der Waals surface area contributed by atoms with E-state index in [1.807, 2.05) is 0 Å². The molecule has 0 saturated carbocycles. The largest absolute Gasteiger partial charge is 0.404 e. The Kier molecular flexibility index (Phi) is 6.48. The Morgan fingerprint density at radius 1 is 0.479 bits per heavy atom. The molecule has 0 amide bonds. The van der Waals surface area contributed by atoms with Crippen LogP contribution >= 0.6 is 0 Å². The lowest BCUT2D eigenvalue weighted by Crippen LogP contribution is -1.94. The first-order chi connectivity index (χ1) is 23.7. The number of hydrogen-bond acceptors (Lipinski definition) is 1. The molecule has 0 aliphatic rings. The minimum Gasteiger partial charge on any atom is -0.404 e. The number of allylic oxidation sites excluding steroid dienone is 2. The molecule has 0 atom stereocenters. The van der Waals surface area contributed by atoms with Gasteiger partial charge in [0, 0.05) is 28.0 Å². The first-order valence-corrected chi connectivity index (χ1v) is 16.3. The van der Waals surface area contributed by atoms with Gasteiger partial charge < -0.3 is 10.3 Å². The Bertz CT molecular complexity index is 2750. The number of nitrogens with zero attached hydrogens (tertiary/aromatic N) is 1. The van der Waals surface area contributed by atoms with Gasteiger partial charge in [0.2, 0.25) is 0 Å². The lowest BCUT2D eigenvalue weighted by molar-refractivity contribution is 1.19. The van der Waals surface area contributed by atoms with Crippen LogP contribution < -0.4 is 5.73 Å². The van der Waals surface area contributed by atoms with Crippen LogP contribution in [0.5, 0.6) is 0 Å². The maximum absolute atomic E-state index is 5.83. The summed E-state index contributed by atoms with van der Waals surface area (Å²) in [7, 11) is 0. The molecule has 2 nitrogen and oxygen atoms in total. The first kappa shape index (κ1) is 27.9. The summed E-state index contributed by atoms with van der Waals surface area (Å²) in [5.74, 6) is 0. The molecule has 0 spiro atoms. The number of aromatic nitrogens is 1. The van der Waals surface area contributed by atoms with Gasteiger partial charge in [0.25, 0.3) is 0 Å². The Labute approximate surface area is 279 Å². The second kappa shape index (κ2) is 11.2. The maximum atomic E-state index is 5.83. The van der Waals surface area contributed by atoms with Crippen LogP contribution in [0.1, 0.15) is 5.56 Å². The molecule has 48 heavy (non-hydrogen) atoms. The number of para-hydroxylation sites is 1. The molecule has 1 heterocycles. The second-order valence-electron chi connectivity index (χ2n) is 12.5. The van der Waals surface area contributed by atoms with E-state index in [2.05, 4.69) is 169 Å². The van der Waals surface area contributed by atoms with Crippen LogP contribution in [0.25, 0.3) is 87.6 Å². The van der Waals surface area contributed by atoms with Gasteiger partial charge >= 0.3 is 0 Å². The highest BCUT2D eigenvalue weighted by Gasteiger charge is 2.17. The topological polar surface area (TPSA) is 30.9 Å². The lowest BCUT2D eigenvalue weighted by Gasteiger charge is -2.12. The lowest BCUT2D eigenvalue weighted by atomic mass is 9.97. The average molecular weight is 613 g/mol. The van der Waals surface area contributed by atoms with Gasteiger partial charge in [-0.15, -0.1) is 0 Å². The molecule has 0 fully saturated rings. The molecule has 0 bridgehead atoms. The third-order valence-corrected chi connectivity index (χ3v) is 9.75. The van der Waals surface area contributed by atoms with E-state index in [9.17, 15) is 0 Å². The van der Waals surface area contributed by atoms with E-state index < -0.39 is 0 Å². The highest BCUT2D eigenvalue weighted by molar-refractivity contribution is 6.19. The fourth-order valence-electron chi connectivity index (χ4n) is 7.30. The molecule has 0 aliphatic heterocycles. The van der Waals surface area contributed by atoms with Crippen molar-refractivity contribution >= 4 is 59.7 Å². The molecule has 2 N–H and O–H groups in total. The molecular weight excluding hydrogens is 581 g/mol. The summed E-state index contributed by atoms with van der Waals surface area (Å²) in [6, 6.07) is 57.5. The van der Waals surface area contributed by atoms with Crippen LogP contribution in [-0.4, -0.2) is 4.57 Å². The van der Waals surface area contributed by atoms with Crippen molar-refractivity contribution in [3.63, 3.8) is 0 Å². The van der Waals surface area contributed by atoms with Gasteiger partial charge in [-0.2, -0.15) is 0 Å². The molecule has 0 saturated heterocycles. The summed E-state index contributed by atoms with van der Waals surface area (Å²) in [4.78, 5) is 0. The molecule has 0 unspecified atom stereocenters. The zero-order chi connectivity index (χ0) is 32.2. The maximum Gasteiger partial charge on any atom is 0.0619 e. The van der Waals surface area contributed by atoms with E-state index in [1.54, 1.807) is 12.3 Å². The minimum atomic E-state index is 0.928. The highest BCUT2D eigenvalue weighted by atomic mass is 15.0. The van der Waals surface area contributed by atoms with Gasteiger partial charge in [-0.25, -0.2) is 0 Å². The molecule has 2 heteroatoms. The summed E-state index contributed by atoms with van der Waals surface area (Å²) in [6.45, 7) is 3.90. The van der Waals surface area contributed by atoms with Crippen molar-refractivity contribution in [1.29, 1.82) is 0 Å². The van der Waals surface area contributed by atoms with Gasteiger partial charge in [-0.1, -0.05) is 128 Å². The number of fused-ring (bicyclic) bond motifs is 7. The Morgan fingerprint density at radius 2 is 1.02 bits per heavy atom. The zero-order valence-corrected chi connectivity index (χ0v) is 26.4. The highest BCUT2D eigenvalue weighted by Crippen LogP contribution is 2.40. The third-order valence-electron chi connectivity index (χ3n) is 9.75. The quantitative estimate of drug-likeness (QED) is 0.193. The number of hydrogen-bond donors (Lipinski definition) is 1. The van der Waals surface area contributed by atoms with Crippen LogP contribution in [-0.2, 0) is 0 Å². The molecule has 0 aliphatic carbocycles. The van der Waals surface area contributed by atoms with Crippen LogP contribution in [0.3, 0.4) is 0 Å². The summed E-state index contributed by atoms with van der Waals surface area (Å²) in [5, 5.41) is 9.84. The molecule has 9 aromatic rings. The molecule has 0 radical (unpaired) electrons. The van der Waals surface area contributed by atoms with E-state index in [4.69, 9.17) is 5.73 Å². The van der Waals surface area contributed by atoms with E-state index >= 15 is 0 Å². The van der Waals surface area contributed by atoms with Gasteiger partial charge in [0.1, 0.15) is 0 Å². The SMILES string of the molecule is C=C/C(=C\N)c1ccc2cc(-c3ccc4c5ccc6cc(-c7ccc8ccccc8c7)ccc6c5n(-c5ccccc5)c4c3)ccc2c1. The van der Waals surface area contributed by atoms with Crippen molar-refractivity contribution in [2.45, 2.75) is 0 Å². The van der Waals surface area contributed by atoms with E-state index in [1.165, 1.54) is 76.4 Å². The smallest absolute Gasteiger partial charge is 0.0619 e. The van der Waals surface area contributed by atoms with Crippen molar-refractivity contribution in [3.8, 4) is 27.9 Å². The molecular formula is C46H32N2. The predicted octanol–water partition coefficient (Wildman–Crippen LogP) is 12.1. The number of benzene rings is 8. The van der Waals surface area contributed by atoms with Gasteiger partial charge in [0.05, 0.1) is 11.0 Å².